The molecule has 8 heteroatoms. The molecule has 0 aromatic rings. The highest BCUT2D eigenvalue weighted by Crippen LogP contribution is 2.23. The number of alkyl carbamates (subject to hydrolysis) is 1. The molecular formula is C20H37N3O5. The first kappa shape index (κ1) is 24.2. The number of hydrogen-bond acceptors (Lipinski definition) is 5. The summed E-state index contributed by atoms with van der Waals surface area (Å²) in [4.78, 5) is 36.7. The first-order valence-corrected chi connectivity index (χ1v) is 10.3. The maximum Gasteiger partial charge on any atom is 0.407 e. The second kappa shape index (κ2) is 11.9. The van der Waals surface area contributed by atoms with E-state index in [1.165, 1.54) is 0 Å². The monoisotopic (exact) mass is 399 g/mol. The third-order valence-electron chi connectivity index (χ3n) is 4.93. The fourth-order valence-electron chi connectivity index (χ4n) is 3.33. The number of rotatable bonds is 12. The molecule has 3 unspecified atom stereocenters. The summed E-state index contributed by atoms with van der Waals surface area (Å²) >= 11 is 0. The highest BCUT2D eigenvalue weighted by molar-refractivity contribution is 5.86. The molecule has 1 heterocycles. The summed E-state index contributed by atoms with van der Waals surface area (Å²) in [6, 6.07) is -0.762. The summed E-state index contributed by atoms with van der Waals surface area (Å²) in [5, 5.41) is 18.1. The van der Waals surface area contributed by atoms with Crippen LogP contribution in [0.25, 0.3) is 0 Å². The van der Waals surface area contributed by atoms with Crippen molar-refractivity contribution in [3.63, 3.8) is 0 Å². The Bertz CT molecular complexity index is 526. The standard InChI is InChI=1S/C20H37N3O5/c1-5-6-7-10-28-19(27)22-16(11-14(2)3)18(26)23-20(4,13-24)12-15-8-9-21-17(15)25/h14-16,24H,5-13H2,1-4H3,(H,21,25)(H,22,27)(H,23,26). The Hall–Kier alpha value is -1.83. The van der Waals surface area contributed by atoms with Gasteiger partial charge >= 0.3 is 6.09 Å². The van der Waals surface area contributed by atoms with Gasteiger partial charge in [-0.3, -0.25) is 9.59 Å². The number of carbonyl (C=O) groups excluding carboxylic acids is 3. The molecule has 0 saturated carbocycles. The number of hydrogen-bond donors (Lipinski definition) is 4. The van der Waals surface area contributed by atoms with Gasteiger partial charge in [0.2, 0.25) is 11.8 Å². The minimum absolute atomic E-state index is 0.0542. The van der Waals surface area contributed by atoms with Crippen LogP contribution in [0.2, 0.25) is 0 Å². The van der Waals surface area contributed by atoms with Crippen molar-refractivity contribution in [2.75, 3.05) is 19.8 Å². The number of aliphatic hydroxyl groups excluding tert-OH is 1. The van der Waals surface area contributed by atoms with Crippen LogP contribution in [0.3, 0.4) is 0 Å². The van der Waals surface area contributed by atoms with Crippen LogP contribution in [0.4, 0.5) is 4.79 Å². The zero-order valence-corrected chi connectivity index (χ0v) is 17.7. The molecule has 0 radical (unpaired) electrons. The smallest absolute Gasteiger partial charge is 0.407 e. The molecule has 0 aromatic carbocycles. The van der Waals surface area contributed by atoms with E-state index in [1.54, 1.807) is 6.92 Å². The predicted molar refractivity (Wildman–Crippen MR) is 107 cm³/mol. The van der Waals surface area contributed by atoms with E-state index in [9.17, 15) is 19.5 Å². The van der Waals surface area contributed by atoms with Crippen molar-refractivity contribution in [1.29, 1.82) is 0 Å². The summed E-state index contributed by atoms with van der Waals surface area (Å²) < 4.78 is 5.15. The highest BCUT2D eigenvalue weighted by atomic mass is 16.5. The minimum Gasteiger partial charge on any atom is -0.450 e. The highest BCUT2D eigenvalue weighted by Gasteiger charge is 2.36. The molecule has 0 bridgehead atoms. The van der Waals surface area contributed by atoms with Gasteiger partial charge in [0.15, 0.2) is 0 Å². The molecule has 28 heavy (non-hydrogen) atoms. The summed E-state index contributed by atoms with van der Waals surface area (Å²) in [6.45, 7) is 8.34. The van der Waals surface area contributed by atoms with Gasteiger partial charge in [0.05, 0.1) is 18.8 Å². The fraction of sp³-hybridized carbons (Fsp3) is 0.850. The first-order valence-electron chi connectivity index (χ1n) is 10.3. The van der Waals surface area contributed by atoms with Crippen molar-refractivity contribution in [2.45, 2.75) is 77.8 Å². The SMILES string of the molecule is CCCCCOC(=O)NC(CC(C)C)C(=O)NC(C)(CO)CC1CCNC1=O. The van der Waals surface area contributed by atoms with Crippen LogP contribution in [0, 0.1) is 11.8 Å². The molecule has 4 N–H and O–H groups in total. The number of unbranched alkanes of at least 4 members (excludes halogenated alkanes) is 2. The number of nitrogens with one attached hydrogen (secondary N) is 3. The van der Waals surface area contributed by atoms with Gasteiger partial charge in [0, 0.05) is 12.5 Å². The van der Waals surface area contributed by atoms with Crippen molar-refractivity contribution in [3.8, 4) is 0 Å². The molecule has 1 fully saturated rings. The van der Waals surface area contributed by atoms with Crippen molar-refractivity contribution in [3.05, 3.63) is 0 Å². The molecule has 0 spiro atoms. The van der Waals surface area contributed by atoms with E-state index in [-0.39, 0.29) is 30.3 Å². The second-order valence-corrected chi connectivity index (χ2v) is 8.36. The molecule has 1 rings (SSSR count). The largest absolute Gasteiger partial charge is 0.450 e. The summed E-state index contributed by atoms with van der Waals surface area (Å²) in [5.74, 6) is -0.495. The molecule has 1 aliphatic rings. The van der Waals surface area contributed by atoms with Crippen LogP contribution in [-0.4, -0.2) is 54.4 Å². The van der Waals surface area contributed by atoms with Gasteiger partial charge in [-0.15, -0.1) is 0 Å². The molecule has 0 aromatic heterocycles. The van der Waals surface area contributed by atoms with E-state index < -0.39 is 17.7 Å². The predicted octanol–water partition coefficient (Wildman–Crippen LogP) is 1.71. The molecule has 1 saturated heterocycles. The molecule has 3 atom stereocenters. The van der Waals surface area contributed by atoms with Gasteiger partial charge in [-0.25, -0.2) is 4.79 Å². The molecule has 3 amide bonds. The van der Waals surface area contributed by atoms with E-state index in [0.29, 0.717) is 32.4 Å². The Morgan fingerprint density at radius 2 is 2.07 bits per heavy atom. The molecular weight excluding hydrogens is 362 g/mol. The van der Waals surface area contributed by atoms with Gasteiger partial charge in [-0.1, -0.05) is 33.6 Å². The van der Waals surface area contributed by atoms with Crippen LogP contribution in [0.1, 0.15) is 66.2 Å². The Balaban J connectivity index is 2.67. The molecule has 1 aliphatic heterocycles. The number of ether oxygens (including phenoxy) is 1. The van der Waals surface area contributed by atoms with Crippen LogP contribution >= 0.6 is 0 Å². The lowest BCUT2D eigenvalue weighted by molar-refractivity contribution is -0.128. The topological polar surface area (TPSA) is 117 Å². The van der Waals surface area contributed by atoms with Gasteiger partial charge in [-0.05, 0) is 38.5 Å². The van der Waals surface area contributed by atoms with Crippen LogP contribution < -0.4 is 16.0 Å². The average molecular weight is 400 g/mol. The minimum atomic E-state index is -0.939. The summed E-state index contributed by atoms with van der Waals surface area (Å²) in [7, 11) is 0. The van der Waals surface area contributed by atoms with E-state index in [4.69, 9.17) is 4.74 Å². The third kappa shape index (κ3) is 8.46. The van der Waals surface area contributed by atoms with Crippen molar-refractivity contribution in [2.24, 2.45) is 11.8 Å². The van der Waals surface area contributed by atoms with Gasteiger partial charge < -0.3 is 25.8 Å². The molecule has 162 valence electrons. The van der Waals surface area contributed by atoms with Crippen LogP contribution in [-0.2, 0) is 14.3 Å². The van der Waals surface area contributed by atoms with Gasteiger partial charge in [0.25, 0.3) is 0 Å². The molecule has 0 aliphatic carbocycles. The Morgan fingerprint density at radius 3 is 2.61 bits per heavy atom. The van der Waals surface area contributed by atoms with Gasteiger partial charge in [-0.2, -0.15) is 0 Å². The Morgan fingerprint density at radius 1 is 1.36 bits per heavy atom. The summed E-state index contributed by atoms with van der Waals surface area (Å²) in [5.41, 5.74) is -0.939. The Kier molecular flexibility index (Phi) is 10.3. The van der Waals surface area contributed by atoms with Crippen molar-refractivity contribution in [1.82, 2.24) is 16.0 Å². The van der Waals surface area contributed by atoms with Crippen molar-refractivity contribution >= 4 is 17.9 Å². The van der Waals surface area contributed by atoms with E-state index in [1.807, 2.05) is 13.8 Å². The Labute approximate surface area is 168 Å². The number of carbonyl (C=O) groups is 3. The maximum atomic E-state index is 12.8. The number of aliphatic hydroxyl groups is 1. The number of amides is 3. The first-order chi connectivity index (χ1) is 13.2. The summed E-state index contributed by atoms with van der Waals surface area (Å²) in [6.07, 6.45) is 3.66. The lowest BCUT2D eigenvalue weighted by Gasteiger charge is -2.32. The van der Waals surface area contributed by atoms with Crippen LogP contribution in [0.5, 0.6) is 0 Å². The maximum absolute atomic E-state index is 12.8. The molecule has 8 nitrogen and oxygen atoms in total. The van der Waals surface area contributed by atoms with Crippen LogP contribution in [0.15, 0.2) is 0 Å². The van der Waals surface area contributed by atoms with E-state index in [2.05, 4.69) is 22.9 Å². The fourth-order valence-corrected chi connectivity index (χ4v) is 3.33. The zero-order valence-electron chi connectivity index (χ0n) is 17.7. The van der Waals surface area contributed by atoms with Gasteiger partial charge in [0.1, 0.15) is 6.04 Å². The average Bonchev–Trinajstić information content (AvgIpc) is 3.02. The van der Waals surface area contributed by atoms with Crippen molar-refractivity contribution < 1.29 is 24.2 Å². The quantitative estimate of drug-likeness (QED) is 0.373. The zero-order chi connectivity index (χ0) is 21.2. The lowest BCUT2D eigenvalue weighted by atomic mass is 9.88. The normalized spacial score (nSPS) is 19.6. The van der Waals surface area contributed by atoms with E-state index >= 15 is 0 Å². The second-order valence-electron chi connectivity index (χ2n) is 8.36. The lowest BCUT2D eigenvalue weighted by Crippen LogP contribution is -2.57. The third-order valence-corrected chi connectivity index (χ3v) is 4.93. The van der Waals surface area contributed by atoms with E-state index in [0.717, 1.165) is 19.3 Å².